The van der Waals surface area contributed by atoms with Gasteiger partial charge in [-0.3, -0.25) is 0 Å². The molecule has 100 valence electrons. The van der Waals surface area contributed by atoms with Gasteiger partial charge >= 0.3 is 0 Å². The van der Waals surface area contributed by atoms with Gasteiger partial charge in [0.2, 0.25) is 0 Å². The van der Waals surface area contributed by atoms with E-state index in [1.165, 1.54) is 0 Å². The van der Waals surface area contributed by atoms with Crippen LogP contribution in [0.1, 0.15) is 19.3 Å². The highest BCUT2D eigenvalue weighted by molar-refractivity contribution is 7.92. The molecule has 1 saturated carbocycles. The zero-order valence-corrected chi connectivity index (χ0v) is 11.5. The second kappa shape index (κ2) is 5.28. The highest BCUT2D eigenvalue weighted by atomic mass is 32.2. The van der Waals surface area contributed by atoms with Crippen LogP contribution in [-0.2, 0) is 9.84 Å². The van der Waals surface area contributed by atoms with Crippen molar-refractivity contribution in [2.75, 3.05) is 14.2 Å². The molecular formula is C13H19NO3S. The maximum Gasteiger partial charge on any atom is 0.182 e. The van der Waals surface area contributed by atoms with E-state index in [9.17, 15) is 8.42 Å². The molecule has 0 heterocycles. The molecule has 0 saturated heterocycles. The minimum atomic E-state index is -3.24. The topological polar surface area (TPSA) is 55.4 Å². The summed E-state index contributed by atoms with van der Waals surface area (Å²) in [6.07, 6.45) is 2.63. The van der Waals surface area contributed by atoms with E-state index in [4.69, 9.17) is 4.74 Å². The van der Waals surface area contributed by atoms with Gasteiger partial charge in [0.05, 0.1) is 17.3 Å². The Kier molecular flexibility index (Phi) is 3.92. The number of rotatable bonds is 4. The van der Waals surface area contributed by atoms with Gasteiger partial charge in [-0.2, -0.15) is 0 Å². The average Bonchev–Trinajstić information content (AvgIpc) is 2.88. The van der Waals surface area contributed by atoms with E-state index >= 15 is 0 Å². The number of benzene rings is 1. The van der Waals surface area contributed by atoms with Crippen LogP contribution in [0.25, 0.3) is 0 Å². The van der Waals surface area contributed by atoms with Crippen molar-refractivity contribution in [2.45, 2.75) is 35.4 Å². The minimum Gasteiger partial charge on any atom is -0.497 e. The Morgan fingerprint density at radius 2 is 1.89 bits per heavy atom. The zero-order valence-electron chi connectivity index (χ0n) is 10.7. The molecule has 1 fully saturated rings. The Labute approximate surface area is 108 Å². The Morgan fingerprint density at radius 3 is 2.44 bits per heavy atom. The second-order valence-electron chi connectivity index (χ2n) is 4.59. The predicted molar refractivity (Wildman–Crippen MR) is 70.7 cm³/mol. The average molecular weight is 269 g/mol. The van der Waals surface area contributed by atoms with E-state index in [0.717, 1.165) is 19.3 Å². The summed E-state index contributed by atoms with van der Waals surface area (Å²) in [7, 11) is 0.150. The summed E-state index contributed by atoms with van der Waals surface area (Å²) in [6, 6.07) is 6.70. The molecule has 2 atom stereocenters. The molecule has 2 unspecified atom stereocenters. The first-order chi connectivity index (χ1) is 8.59. The van der Waals surface area contributed by atoms with Crippen LogP contribution < -0.4 is 10.1 Å². The summed E-state index contributed by atoms with van der Waals surface area (Å²) >= 11 is 0. The van der Waals surface area contributed by atoms with Crippen LogP contribution in [0.15, 0.2) is 29.2 Å². The van der Waals surface area contributed by atoms with Gasteiger partial charge in [-0.05, 0) is 44.2 Å². The third-order valence-electron chi connectivity index (χ3n) is 3.61. The van der Waals surface area contributed by atoms with Crippen LogP contribution in [0.4, 0.5) is 0 Å². The number of nitrogens with one attached hydrogen (secondary N) is 1. The van der Waals surface area contributed by atoms with E-state index in [-0.39, 0.29) is 11.3 Å². The van der Waals surface area contributed by atoms with Gasteiger partial charge in [0, 0.05) is 6.04 Å². The van der Waals surface area contributed by atoms with Crippen LogP contribution >= 0.6 is 0 Å². The van der Waals surface area contributed by atoms with Crippen LogP contribution in [-0.4, -0.2) is 33.9 Å². The van der Waals surface area contributed by atoms with Crippen molar-refractivity contribution < 1.29 is 13.2 Å². The van der Waals surface area contributed by atoms with Crippen molar-refractivity contribution in [1.82, 2.24) is 5.32 Å². The summed E-state index contributed by atoms with van der Waals surface area (Å²) in [5.74, 6) is 0.672. The Bertz CT molecular complexity index is 495. The highest BCUT2D eigenvalue weighted by Gasteiger charge is 2.37. The molecular weight excluding hydrogens is 250 g/mol. The van der Waals surface area contributed by atoms with Crippen molar-refractivity contribution in [1.29, 1.82) is 0 Å². The molecule has 0 aromatic heterocycles. The summed E-state index contributed by atoms with van der Waals surface area (Å²) in [5, 5.41) is 2.80. The largest absolute Gasteiger partial charge is 0.497 e. The molecule has 0 spiro atoms. The number of hydrogen-bond donors (Lipinski definition) is 1. The van der Waals surface area contributed by atoms with Gasteiger partial charge in [-0.1, -0.05) is 6.42 Å². The second-order valence-corrected chi connectivity index (χ2v) is 6.75. The lowest BCUT2D eigenvalue weighted by Gasteiger charge is -2.19. The molecule has 0 amide bonds. The van der Waals surface area contributed by atoms with Crippen molar-refractivity contribution in [3.05, 3.63) is 24.3 Å². The fourth-order valence-corrected chi connectivity index (χ4v) is 4.61. The molecule has 0 bridgehead atoms. The maximum atomic E-state index is 12.5. The van der Waals surface area contributed by atoms with E-state index in [2.05, 4.69) is 5.32 Å². The number of hydrogen-bond acceptors (Lipinski definition) is 4. The first kappa shape index (κ1) is 13.4. The lowest BCUT2D eigenvalue weighted by atomic mass is 10.2. The molecule has 2 rings (SSSR count). The van der Waals surface area contributed by atoms with Gasteiger partial charge in [-0.25, -0.2) is 8.42 Å². The predicted octanol–water partition coefficient (Wildman–Crippen LogP) is 1.61. The lowest BCUT2D eigenvalue weighted by Crippen LogP contribution is -2.38. The van der Waals surface area contributed by atoms with Gasteiger partial charge in [0.25, 0.3) is 0 Å². The third kappa shape index (κ3) is 2.37. The van der Waals surface area contributed by atoms with Crippen LogP contribution in [0.3, 0.4) is 0 Å². The van der Waals surface area contributed by atoms with Crippen molar-refractivity contribution in [2.24, 2.45) is 0 Å². The molecule has 18 heavy (non-hydrogen) atoms. The quantitative estimate of drug-likeness (QED) is 0.902. The Balaban J connectivity index is 2.29. The van der Waals surface area contributed by atoms with E-state index in [1.54, 1.807) is 31.4 Å². The smallest absolute Gasteiger partial charge is 0.182 e. The molecule has 4 nitrogen and oxygen atoms in total. The molecule has 1 aliphatic rings. The fourth-order valence-electron chi connectivity index (χ4n) is 2.57. The van der Waals surface area contributed by atoms with Gasteiger partial charge in [0.1, 0.15) is 5.75 Å². The summed E-state index contributed by atoms with van der Waals surface area (Å²) in [6.45, 7) is 0. The van der Waals surface area contributed by atoms with E-state index in [1.807, 2.05) is 7.05 Å². The van der Waals surface area contributed by atoms with Gasteiger partial charge < -0.3 is 10.1 Å². The Morgan fingerprint density at radius 1 is 1.22 bits per heavy atom. The van der Waals surface area contributed by atoms with Crippen LogP contribution in [0, 0.1) is 0 Å². The normalized spacial score (nSPS) is 24.1. The number of ether oxygens (including phenoxy) is 1. The molecule has 1 N–H and O–H groups in total. The summed E-state index contributed by atoms with van der Waals surface area (Å²) in [4.78, 5) is 0.385. The summed E-state index contributed by atoms with van der Waals surface area (Å²) < 4.78 is 30.1. The van der Waals surface area contributed by atoms with Crippen LogP contribution in [0.2, 0.25) is 0 Å². The fraction of sp³-hybridized carbons (Fsp3) is 0.538. The molecule has 5 heteroatoms. The number of sulfone groups is 1. The maximum absolute atomic E-state index is 12.5. The SMILES string of the molecule is CNC1CCCC1S(=O)(=O)c1ccc(OC)cc1. The molecule has 1 aromatic carbocycles. The Hall–Kier alpha value is -1.07. The van der Waals surface area contributed by atoms with Crippen molar-refractivity contribution >= 4 is 9.84 Å². The third-order valence-corrected chi connectivity index (χ3v) is 5.90. The molecule has 0 aliphatic heterocycles. The zero-order chi connectivity index (χ0) is 13.2. The molecule has 1 aromatic rings. The highest BCUT2D eigenvalue weighted by Crippen LogP contribution is 2.30. The monoisotopic (exact) mass is 269 g/mol. The van der Waals surface area contributed by atoms with Gasteiger partial charge in [-0.15, -0.1) is 0 Å². The van der Waals surface area contributed by atoms with E-state index in [0.29, 0.717) is 10.6 Å². The van der Waals surface area contributed by atoms with Gasteiger partial charge in [0.15, 0.2) is 9.84 Å². The standard InChI is InChI=1S/C13H19NO3S/c1-14-12-4-3-5-13(12)18(15,16)11-8-6-10(17-2)7-9-11/h6-9,12-14H,3-5H2,1-2H3. The van der Waals surface area contributed by atoms with Crippen LogP contribution in [0.5, 0.6) is 5.75 Å². The molecule has 0 radical (unpaired) electrons. The summed E-state index contributed by atoms with van der Waals surface area (Å²) in [5.41, 5.74) is 0. The minimum absolute atomic E-state index is 0.0668. The molecule has 1 aliphatic carbocycles. The number of methoxy groups -OCH3 is 1. The van der Waals surface area contributed by atoms with Crippen molar-refractivity contribution in [3.63, 3.8) is 0 Å². The lowest BCUT2D eigenvalue weighted by molar-refractivity contribution is 0.414. The first-order valence-electron chi connectivity index (χ1n) is 6.15. The van der Waals surface area contributed by atoms with Crippen molar-refractivity contribution in [3.8, 4) is 5.75 Å². The first-order valence-corrected chi connectivity index (χ1v) is 7.69. The van der Waals surface area contributed by atoms with E-state index < -0.39 is 9.84 Å².